The Morgan fingerprint density at radius 2 is 0.622 bits per heavy atom. The van der Waals surface area contributed by atoms with Crippen LogP contribution >= 0.6 is 0 Å². The van der Waals surface area contributed by atoms with Crippen LogP contribution in [-0.2, 0) is 0 Å². The summed E-state index contributed by atoms with van der Waals surface area (Å²) in [5.41, 5.74) is 0. The minimum absolute atomic E-state index is 0.353. The highest BCUT2D eigenvalue weighted by Crippen LogP contribution is 2.22. The lowest BCUT2D eigenvalue weighted by Gasteiger charge is -2.16. The maximum atomic E-state index is 8.91. The molecule has 0 rings (SSSR count). The molecule has 1 heteroatoms. The van der Waals surface area contributed by atoms with E-state index in [4.69, 9.17) is 5.11 Å². The van der Waals surface area contributed by atoms with E-state index < -0.39 is 0 Å². The first kappa shape index (κ1) is 39.1. The summed E-state index contributed by atoms with van der Waals surface area (Å²) >= 11 is 0. The molecule has 226 valence electrons. The first-order chi connectivity index (χ1) is 17.9. The standard InChI is InChI=1S/C20H42O.C16H34/c1-17(2)9-6-10-18(3)11-7-12-19(4)13-8-14-20(5)15-16-21;1-3-5-7-9-11-13-15-16-14-12-10-8-6-4-2/h17-21H,6-16H2,1-5H3;3-16H2,1-2H3. The lowest BCUT2D eigenvalue weighted by atomic mass is 9.91. The number of hydrogen-bond donors (Lipinski definition) is 1. The summed E-state index contributed by atoms with van der Waals surface area (Å²) in [6, 6.07) is 0. The molecule has 37 heavy (non-hydrogen) atoms. The topological polar surface area (TPSA) is 20.2 Å². The summed E-state index contributed by atoms with van der Waals surface area (Å²) < 4.78 is 0. The predicted octanol–water partition coefficient (Wildman–Crippen LogP) is 12.9. The number of aliphatic hydroxyl groups is 1. The van der Waals surface area contributed by atoms with Crippen molar-refractivity contribution in [2.24, 2.45) is 23.7 Å². The molecule has 0 bridgehead atoms. The van der Waals surface area contributed by atoms with Gasteiger partial charge in [0.15, 0.2) is 0 Å². The highest BCUT2D eigenvalue weighted by atomic mass is 16.3. The van der Waals surface area contributed by atoms with Gasteiger partial charge < -0.3 is 5.11 Å². The number of aliphatic hydroxyl groups excluding tert-OH is 1. The fourth-order valence-electron chi connectivity index (χ4n) is 5.43. The molecule has 0 aliphatic heterocycles. The zero-order valence-electron chi connectivity index (χ0n) is 27.4. The van der Waals surface area contributed by atoms with Gasteiger partial charge in [0.1, 0.15) is 0 Å². The number of rotatable bonds is 27. The third kappa shape index (κ3) is 36.0. The van der Waals surface area contributed by atoms with Gasteiger partial charge in [0, 0.05) is 6.61 Å². The van der Waals surface area contributed by atoms with Gasteiger partial charge in [-0.05, 0) is 30.1 Å². The van der Waals surface area contributed by atoms with Gasteiger partial charge in [-0.2, -0.15) is 0 Å². The van der Waals surface area contributed by atoms with Gasteiger partial charge in [0.05, 0.1) is 0 Å². The molecule has 3 unspecified atom stereocenters. The van der Waals surface area contributed by atoms with Crippen LogP contribution in [0.25, 0.3) is 0 Å². The highest BCUT2D eigenvalue weighted by molar-refractivity contribution is 4.61. The van der Waals surface area contributed by atoms with Gasteiger partial charge in [-0.15, -0.1) is 0 Å². The average Bonchev–Trinajstić information content (AvgIpc) is 2.85. The Balaban J connectivity index is 0. The van der Waals surface area contributed by atoms with E-state index in [1.165, 1.54) is 148 Å². The van der Waals surface area contributed by atoms with Crippen LogP contribution in [0, 0.1) is 23.7 Å². The molecule has 0 aromatic rings. The van der Waals surface area contributed by atoms with Gasteiger partial charge in [0.2, 0.25) is 0 Å². The van der Waals surface area contributed by atoms with Crippen LogP contribution in [0.1, 0.15) is 203 Å². The third-order valence-electron chi connectivity index (χ3n) is 8.35. The zero-order chi connectivity index (χ0) is 28.0. The summed E-state index contributed by atoms with van der Waals surface area (Å²) in [5, 5.41) is 8.91. The van der Waals surface area contributed by atoms with Gasteiger partial charge in [0.25, 0.3) is 0 Å². The Labute approximate surface area is 237 Å². The molecule has 0 saturated heterocycles. The van der Waals surface area contributed by atoms with Crippen LogP contribution in [0.5, 0.6) is 0 Å². The van der Waals surface area contributed by atoms with Crippen LogP contribution in [0.15, 0.2) is 0 Å². The lowest BCUT2D eigenvalue weighted by molar-refractivity contribution is 0.255. The lowest BCUT2D eigenvalue weighted by Crippen LogP contribution is -2.02. The molecule has 0 saturated carbocycles. The second-order valence-corrected chi connectivity index (χ2v) is 13.3. The molecular formula is C36H76O. The van der Waals surface area contributed by atoms with E-state index >= 15 is 0 Å². The number of hydrogen-bond acceptors (Lipinski definition) is 1. The van der Waals surface area contributed by atoms with Gasteiger partial charge >= 0.3 is 0 Å². The van der Waals surface area contributed by atoms with Gasteiger partial charge in [-0.1, -0.05) is 196 Å². The van der Waals surface area contributed by atoms with Crippen LogP contribution in [-0.4, -0.2) is 11.7 Å². The van der Waals surface area contributed by atoms with E-state index in [1.807, 2.05) is 0 Å². The summed E-state index contributed by atoms with van der Waals surface area (Å²) in [6.45, 7) is 16.7. The van der Waals surface area contributed by atoms with Crippen molar-refractivity contribution in [1.29, 1.82) is 0 Å². The van der Waals surface area contributed by atoms with Crippen molar-refractivity contribution in [3.63, 3.8) is 0 Å². The van der Waals surface area contributed by atoms with Crippen molar-refractivity contribution >= 4 is 0 Å². The maximum absolute atomic E-state index is 8.91. The van der Waals surface area contributed by atoms with E-state index in [0.717, 1.165) is 24.2 Å². The van der Waals surface area contributed by atoms with Crippen molar-refractivity contribution < 1.29 is 5.11 Å². The largest absolute Gasteiger partial charge is 0.396 e. The van der Waals surface area contributed by atoms with Crippen LogP contribution in [0.3, 0.4) is 0 Å². The number of unbranched alkanes of at least 4 members (excludes halogenated alkanes) is 13. The molecule has 0 radical (unpaired) electrons. The molecule has 3 atom stereocenters. The monoisotopic (exact) mass is 525 g/mol. The fraction of sp³-hybridized carbons (Fsp3) is 1.00. The smallest absolute Gasteiger partial charge is 0.0433 e. The molecule has 0 aliphatic rings. The maximum Gasteiger partial charge on any atom is 0.0433 e. The molecular weight excluding hydrogens is 448 g/mol. The van der Waals surface area contributed by atoms with E-state index in [2.05, 4.69) is 48.5 Å². The van der Waals surface area contributed by atoms with Crippen LogP contribution in [0.4, 0.5) is 0 Å². The highest BCUT2D eigenvalue weighted by Gasteiger charge is 2.08. The fourth-order valence-corrected chi connectivity index (χ4v) is 5.43. The Hall–Kier alpha value is -0.0400. The van der Waals surface area contributed by atoms with Crippen molar-refractivity contribution in [2.45, 2.75) is 203 Å². The molecule has 0 aliphatic carbocycles. The van der Waals surface area contributed by atoms with E-state index in [1.54, 1.807) is 0 Å². The first-order valence-electron chi connectivity index (χ1n) is 17.5. The van der Waals surface area contributed by atoms with Crippen molar-refractivity contribution in [3.05, 3.63) is 0 Å². The first-order valence-corrected chi connectivity index (χ1v) is 17.5. The molecule has 0 aromatic heterocycles. The minimum atomic E-state index is 0.353. The molecule has 0 fully saturated rings. The van der Waals surface area contributed by atoms with E-state index in [-0.39, 0.29) is 0 Å². The van der Waals surface area contributed by atoms with Crippen LogP contribution < -0.4 is 0 Å². The summed E-state index contributed by atoms with van der Waals surface area (Å²) in [4.78, 5) is 0. The molecule has 0 aromatic carbocycles. The van der Waals surface area contributed by atoms with Crippen molar-refractivity contribution in [3.8, 4) is 0 Å². The Morgan fingerprint density at radius 1 is 0.351 bits per heavy atom. The predicted molar refractivity (Wildman–Crippen MR) is 172 cm³/mol. The van der Waals surface area contributed by atoms with Gasteiger partial charge in [-0.3, -0.25) is 0 Å². The molecule has 0 amide bonds. The molecule has 0 spiro atoms. The summed E-state index contributed by atoms with van der Waals surface area (Å²) in [6.07, 6.45) is 33.9. The Morgan fingerprint density at radius 3 is 0.892 bits per heavy atom. The quantitative estimate of drug-likeness (QED) is 0.106. The van der Waals surface area contributed by atoms with Crippen molar-refractivity contribution in [1.82, 2.24) is 0 Å². The van der Waals surface area contributed by atoms with Crippen LogP contribution in [0.2, 0.25) is 0 Å². The second kappa shape index (κ2) is 32.2. The third-order valence-corrected chi connectivity index (χ3v) is 8.35. The molecule has 1 nitrogen and oxygen atoms in total. The Bertz CT molecular complexity index is 376. The Kier molecular flexibility index (Phi) is 34.0. The molecule has 1 N–H and O–H groups in total. The van der Waals surface area contributed by atoms with E-state index in [9.17, 15) is 0 Å². The zero-order valence-corrected chi connectivity index (χ0v) is 27.4. The normalized spacial score (nSPS) is 13.9. The minimum Gasteiger partial charge on any atom is -0.396 e. The average molecular weight is 525 g/mol. The second-order valence-electron chi connectivity index (χ2n) is 13.3. The summed E-state index contributed by atoms with van der Waals surface area (Å²) in [7, 11) is 0. The van der Waals surface area contributed by atoms with Crippen molar-refractivity contribution in [2.75, 3.05) is 6.61 Å². The van der Waals surface area contributed by atoms with E-state index in [0.29, 0.717) is 12.5 Å². The SMILES string of the molecule is CC(C)CCCC(C)CCCC(C)CCCC(C)CCO.CCCCCCCCCCCCCCCC. The summed E-state index contributed by atoms with van der Waals surface area (Å²) in [5.74, 6) is 3.36. The van der Waals surface area contributed by atoms with Gasteiger partial charge in [-0.25, -0.2) is 0 Å². The molecule has 0 heterocycles.